The summed E-state index contributed by atoms with van der Waals surface area (Å²) in [6.07, 6.45) is 0.851. The lowest BCUT2D eigenvalue weighted by atomic mass is 10.2. The normalized spacial score (nSPS) is 11.8. The van der Waals surface area contributed by atoms with Gasteiger partial charge in [-0.25, -0.2) is 12.8 Å². The van der Waals surface area contributed by atoms with Gasteiger partial charge in [-0.1, -0.05) is 23.7 Å². The topological polar surface area (TPSA) is 101 Å². The van der Waals surface area contributed by atoms with Crippen LogP contribution < -0.4 is 0 Å². The van der Waals surface area contributed by atoms with Gasteiger partial charge in [0.05, 0.1) is 16.7 Å². The zero-order valence-corrected chi connectivity index (χ0v) is 14.1. The maximum atomic E-state index is 13.9. The van der Waals surface area contributed by atoms with E-state index in [1.165, 1.54) is 30.3 Å². The molecule has 25 heavy (non-hydrogen) atoms. The number of halogens is 2. The van der Waals surface area contributed by atoms with Crippen molar-refractivity contribution < 1.29 is 17.7 Å². The smallest absolute Gasteiger partial charge is 0.258 e. The van der Waals surface area contributed by atoms with Gasteiger partial charge in [0, 0.05) is 16.7 Å². The molecule has 0 atom stereocenters. The zero-order chi connectivity index (χ0) is 18.6. The van der Waals surface area contributed by atoms with Crippen molar-refractivity contribution in [1.29, 1.82) is 5.26 Å². The second-order valence-corrected chi connectivity index (χ2v) is 7.36. The molecule has 0 heterocycles. The molecule has 0 N–H and O–H groups in total. The van der Waals surface area contributed by atoms with E-state index in [1.807, 2.05) is 0 Å². The summed E-state index contributed by atoms with van der Waals surface area (Å²) >= 11 is 5.73. The van der Waals surface area contributed by atoms with Gasteiger partial charge in [0.15, 0.2) is 9.84 Å². The van der Waals surface area contributed by atoms with E-state index in [4.69, 9.17) is 16.9 Å². The number of rotatable bonds is 5. The first-order valence-corrected chi connectivity index (χ1v) is 8.79. The molecule has 0 unspecified atom stereocenters. The van der Waals surface area contributed by atoms with Crippen LogP contribution in [0.25, 0.3) is 6.08 Å². The zero-order valence-electron chi connectivity index (χ0n) is 12.5. The van der Waals surface area contributed by atoms with Gasteiger partial charge in [0.25, 0.3) is 5.69 Å². The van der Waals surface area contributed by atoms with Gasteiger partial charge in [0.1, 0.15) is 16.8 Å². The minimum Gasteiger partial charge on any atom is -0.258 e. The van der Waals surface area contributed by atoms with Crippen molar-refractivity contribution in [2.75, 3.05) is 0 Å². The maximum Gasteiger partial charge on any atom is 0.272 e. The first-order chi connectivity index (χ1) is 11.7. The Morgan fingerprint density at radius 2 is 1.92 bits per heavy atom. The van der Waals surface area contributed by atoms with Gasteiger partial charge >= 0.3 is 0 Å². The average molecular weight is 381 g/mol. The minimum atomic E-state index is -4.02. The molecule has 6 nitrogen and oxygen atoms in total. The Bertz CT molecular complexity index is 996. The molecule has 0 aliphatic carbocycles. The highest BCUT2D eigenvalue weighted by Gasteiger charge is 2.20. The molecule has 2 rings (SSSR count). The van der Waals surface area contributed by atoms with Crippen LogP contribution in [-0.2, 0) is 15.6 Å². The van der Waals surface area contributed by atoms with Crippen LogP contribution in [-0.4, -0.2) is 13.3 Å². The fourth-order valence-corrected chi connectivity index (χ4v) is 3.32. The van der Waals surface area contributed by atoms with Crippen molar-refractivity contribution in [2.24, 2.45) is 0 Å². The number of allylic oxidation sites excluding steroid dienone is 1. The molecule has 0 bridgehead atoms. The molecular formula is C16H10ClFN2O4S. The summed E-state index contributed by atoms with van der Waals surface area (Å²) in [5, 5.41) is 20.2. The molecule has 0 aliphatic heterocycles. The number of nitro benzene ring substituents is 1. The van der Waals surface area contributed by atoms with Gasteiger partial charge in [-0.2, -0.15) is 5.26 Å². The molecule has 0 fully saturated rings. The van der Waals surface area contributed by atoms with Gasteiger partial charge in [-0.15, -0.1) is 0 Å². The molecule has 128 valence electrons. The Kier molecular flexibility index (Phi) is 5.51. The van der Waals surface area contributed by atoms with Crippen LogP contribution in [0.5, 0.6) is 0 Å². The maximum absolute atomic E-state index is 13.9. The summed E-state index contributed by atoms with van der Waals surface area (Å²) in [6.45, 7) is 0. The van der Waals surface area contributed by atoms with Crippen LogP contribution >= 0.6 is 11.6 Å². The number of nitriles is 1. The summed E-state index contributed by atoms with van der Waals surface area (Å²) in [5.41, 5.74) is -0.297. The third-order valence-electron chi connectivity index (χ3n) is 3.20. The van der Waals surface area contributed by atoms with E-state index in [0.29, 0.717) is 16.7 Å². The molecule has 9 heteroatoms. The first kappa shape index (κ1) is 18.6. The van der Waals surface area contributed by atoms with E-state index < -0.39 is 36.9 Å². The third kappa shape index (κ3) is 4.62. The Balaban J connectivity index is 2.37. The van der Waals surface area contributed by atoms with Crippen molar-refractivity contribution in [3.05, 3.63) is 79.5 Å². The predicted octanol–water partition coefficient (Wildman–Crippen LogP) is 3.87. The van der Waals surface area contributed by atoms with E-state index in [0.717, 1.165) is 18.2 Å². The van der Waals surface area contributed by atoms with E-state index in [9.17, 15) is 22.9 Å². The van der Waals surface area contributed by atoms with E-state index in [-0.39, 0.29) is 5.56 Å². The van der Waals surface area contributed by atoms with Gasteiger partial charge in [-0.3, -0.25) is 10.1 Å². The van der Waals surface area contributed by atoms with E-state index in [2.05, 4.69) is 0 Å². The standard InChI is InChI=1S/C16H10ClFN2O4S/c17-13-4-1-11(2-5-13)10-25(23,24)15(9-19)7-12-3-6-14(20(21)22)8-16(12)18/h1-8H,10H2. The fourth-order valence-electron chi connectivity index (χ4n) is 1.96. The number of sulfone groups is 1. The van der Waals surface area contributed by atoms with Crippen molar-refractivity contribution in [3.63, 3.8) is 0 Å². The Hall–Kier alpha value is -2.76. The average Bonchev–Trinajstić information content (AvgIpc) is 2.55. The second kappa shape index (κ2) is 7.42. The van der Waals surface area contributed by atoms with Gasteiger partial charge < -0.3 is 0 Å². The monoisotopic (exact) mass is 380 g/mol. The SMILES string of the molecule is N#CC(=Cc1ccc([N+](=O)[O-])cc1F)S(=O)(=O)Cc1ccc(Cl)cc1. The van der Waals surface area contributed by atoms with Crippen LogP contribution in [0.1, 0.15) is 11.1 Å². The van der Waals surface area contributed by atoms with Crippen LogP contribution in [0.3, 0.4) is 0 Å². The molecule has 2 aromatic rings. The number of nitrogens with zero attached hydrogens (tertiary/aromatic N) is 2. The highest BCUT2D eigenvalue weighted by Crippen LogP contribution is 2.22. The van der Waals surface area contributed by atoms with Crippen molar-refractivity contribution >= 4 is 33.2 Å². The van der Waals surface area contributed by atoms with Crippen molar-refractivity contribution in [1.82, 2.24) is 0 Å². The second-order valence-electron chi connectivity index (χ2n) is 4.97. The Labute approximate surface area is 147 Å². The van der Waals surface area contributed by atoms with Crippen LogP contribution in [0.15, 0.2) is 47.4 Å². The Morgan fingerprint density at radius 1 is 1.28 bits per heavy atom. The third-order valence-corrected chi connectivity index (χ3v) is 5.04. The quantitative estimate of drug-likeness (QED) is 0.445. The molecule has 0 aliphatic rings. The lowest BCUT2D eigenvalue weighted by molar-refractivity contribution is -0.385. The minimum absolute atomic E-state index is 0.234. The van der Waals surface area contributed by atoms with Gasteiger partial charge in [0.2, 0.25) is 0 Å². The molecule has 0 radical (unpaired) electrons. The molecule has 0 spiro atoms. The molecule has 0 saturated carbocycles. The van der Waals surface area contributed by atoms with Crippen molar-refractivity contribution in [2.45, 2.75) is 5.75 Å². The summed E-state index contributed by atoms with van der Waals surface area (Å²) < 4.78 is 38.6. The molecule has 0 amide bonds. The summed E-state index contributed by atoms with van der Waals surface area (Å²) in [4.78, 5) is 9.17. The fraction of sp³-hybridized carbons (Fsp3) is 0.0625. The van der Waals surface area contributed by atoms with Crippen LogP contribution in [0.4, 0.5) is 10.1 Å². The van der Waals surface area contributed by atoms with Crippen LogP contribution in [0.2, 0.25) is 5.02 Å². The van der Waals surface area contributed by atoms with Crippen LogP contribution in [0, 0.1) is 27.3 Å². The number of benzene rings is 2. The number of hydrogen-bond acceptors (Lipinski definition) is 5. The largest absolute Gasteiger partial charge is 0.272 e. The number of hydrogen-bond donors (Lipinski definition) is 0. The highest BCUT2D eigenvalue weighted by atomic mass is 35.5. The molecule has 0 aromatic heterocycles. The Morgan fingerprint density at radius 3 is 2.44 bits per heavy atom. The highest BCUT2D eigenvalue weighted by molar-refractivity contribution is 7.95. The number of nitro groups is 1. The lowest BCUT2D eigenvalue weighted by Crippen LogP contribution is -2.06. The lowest BCUT2D eigenvalue weighted by Gasteiger charge is -2.04. The van der Waals surface area contributed by atoms with E-state index >= 15 is 0 Å². The molecule has 0 saturated heterocycles. The van der Waals surface area contributed by atoms with Crippen molar-refractivity contribution in [3.8, 4) is 6.07 Å². The molecular weight excluding hydrogens is 371 g/mol. The number of non-ortho nitro benzene ring substituents is 1. The van der Waals surface area contributed by atoms with E-state index in [1.54, 1.807) is 0 Å². The predicted molar refractivity (Wildman–Crippen MR) is 90.7 cm³/mol. The first-order valence-electron chi connectivity index (χ1n) is 6.76. The summed E-state index contributed by atoms with van der Waals surface area (Å²) in [6, 6.07) is 10.3. The summed E-state index contributed by atoms with van der Waals surface area (Å²) in [5.74, 6) is -1.46. The van der Waals surface area contributed by atoms with Gasteiger partial charge in [-0.05, 0) is 29.8 Å². The summed E-state index contributed by atoms with van der Waals surface area (Å²) in [7, 11) is -4.02. The molecule has 2 aromatic carbocycles.